The number of non-ortho nitro benzene ring substituents is 1. The van der Waals surface area contributed by atoms with Gasteiger partial charge in [-0.05, 0) is 0 Å². The number of nitro benzene ring substituents is 1. The Hall–Kier alpha value is -1.44. The molecule has 0 aliphatic rings. The van der Waals surface area contributed by atoms with Gasteiger partial charge in [0.25, 0.3) is 5.69 Å². The first kappa shape index (κ1) is 14.6. The van der Waals surface area contributed by atoms with Gasteiger partial charge in [0.15, 0.2) is 11.6 Å². The van der Waals surface area contributed by atoms with Crippen LogP contribution in [-0.2, 0) is 0 Å². The van der Waals surface area contributed by atoms with Crippen molar-refractivity contribution >= 4 is 18.1 Å². The van der Waals surface area contributed by atoms with Crippen LogP contribution < -0.4 is 11.5 Å². The number of halogens is 2. The summed E-state index contributed by atoms with van der Waals surface area (Å²) in [7, 11) is 0. The van der Waals surface area contributed by atoms with Crippen LogP contribution in [0.1, 0.15) is 11.6 Å². The van der Waals surface area contributed by atoms with Crippen LogP contribution in [0.5, 0.6) is 5.75 Å². The van der Waals surface area contributed by atoms with Gasteiger partial charge in [-0.2, -0.15) is 0 Å². The van der Waals surface area contributed by atoms with Gasteiger partial charge < -0.3 is 16.6 Å². The van der Waals surface area contributed by atoms with E-state index in [9.17, 15) is 19.6 Å². The third-order valence-electron chi connectivity index (χ3n) is 1.94. The molecule has 90 valence electrons. The third kappa shape index (κ3) is 2.78. The molecule has 0 aliphatic carbocycles. The SMILES string of the molecule is Cl.NC[C@@H](N)c1cc([N+](=O)[O-])cc(F)c1O. The van der Waals surface area contributed by atoms with Gasteiger partial charge >= 0.3 is 0 Å². The van der Waals surface area contributed by atoms with E-state index in [1.54, 1.807) is 0 Å². The molecule has 16 heavy (non-hydrogen) atoms. The lowest BCUT2D eigenvalue weighted by Gasteiger charge is -2.11. The summed E-state index contributed by atoms with van der Waals surface area (Å²) in [4.78, 5) is 9.64. The molecule has 0 aliphatic heterocycles. The summed E-state index contributed by atoms with van der Waals surface area (Å²) in [6.45, 7) is -0.0475. The number of nitro groups is 1. The molecule has 0 heterocycles. The third-order valence-corrected chi connectivity index (χ3v) is 1.94. The van der Waals surface area contributed by atoms with E-state index >= 15 is 0 Å². The van der Waals surface area contributed by atoms with Crippen molar-refractivity contribution < 1.29 is 14.4 Å². The average molecular weight is 252 g/mol. The molecule has 0 unspecified atom stereocenters. The number of nitrogens with zero attached hydrogens (tertiary/aromatic N) is 1. The molecule has 0 spiro atoms. The topological polar surface area (TPSA) is 115 Å². The molecule has 1 aromatic rings. The molecular weight excluding hydrogens is 241 g/mol. The van der Waals surface area contributed by atoms with E-state index in [-0.39, 0.29) is 24.5 Å². The fourth-order valence-corrected chi connectivity index (χ4v) is 1.12. The van der Waals surface area contributed by atoms with Gasteiger partial charge in [-0.15, -0.1) is 12.4 Å². The zero-order valence-electron chi connectivity index (χ0n) is 8.09. The summed E-state index contributed by atoms with van der Waals surface area (Å²) >= 11 is 0. The molecule has 0 fully saturated rings. The van der Waals surface area contributed by atoms with Crippen molar-refractivity contribution in [3.63, 3.8) is 0 Å². The van der Waals surface area contributed by atoms with E-state index in [0.29, 0.717) is 6.07 Å². The van der Waals surface area contributed by atoms with Crippen LogP contribution in [0.2, 0.25) is 0 Å². The highest BCUT2D eigenvalue weighted by molar-refractivity contribution is 5.85. The zero-order valence-corrected chi connectivity index (χ0v) is 8.91. The van der Waals surface area contributed by atoms with Gasteiger partial charge in [-0.25, -0.2) is 4.39 Å². The van der Waals surface area contributed by atoms with Gasteiger partial charge in [0.2, 0.25) is 0 Å². The number of phenols is 1. The number of phenolic OH excluding ortho intramolecular Hbond substituents is 1. The second-order valence-corrected chi connectivity index (χ2v) is 2.96. The second-order valence-electron chi connectivity index (χ2n) is 2.96. The van der Waals surface area contributed by atoms with Crippen LogP contribution in [0.3, 0.4) is 0 Å². The molecule has 0 radical (unpaired) electrons. The Morgan fingerprint density at radius 2 is 2.12 bits per heavy atom. The lowest BCUT2D eigenvalue weighted by Crippen LogP contribution is -2.21. The molecule has 8 heteroatoms. The van der Waals surface area contributed by atoms with Crippen LogP contribution in [0.4, 0.5) is 10.1 Å². The standard InChI is InChI=1S/C8H10FN3O3.ClH/c9-6-2-4(12(14)15)1-5(8(6)13)7(11)3-10;/h1-2,7,13H,3,10-11H2;1H/t7-;/m1./s1. The van der Waals surface area contributed by atoms with E-state index in [1.165, 1.54) is 0 Å². The number of nitrogens with two attached hydrogens (primary N) is 2. The average Bonchev–Trinajstić information content (AvgIpc) is 2.20. The maximum atomic E-state index is 13.0. The molecule has 1 aromatic carbocycles. The Kier molecular flexibility index (Phi) is 5.09. The summed E-state index contributed by atoms with van der Waals surface area (Å²) in [5.41, 5.74) is 10.1. The molecule has 0 amide bonds. The highest BCUT2D eigenvalue weighted by Crippen LogP contribution is 2.30. The monoisotopic (exact) mass is 251 g/mol. The fraction of sp³-hybridized carbons (Fsp3) is 0.250. The van der Waals surface area contributed by atoms with E-state index < -0.39 is 28.2 Å². The van der Waals surface area contributed by atoms with Crippen molar-refractivity contribution in [2.75, 3.05) is 6.54 Å². The molecule has 5 N–H and O–H groups in total. The second kappa shape index (κ2) is 5.59. The highest BCUT2D eigenvalue weighted by Gasteiger charge is 2.19. The van der Waals surface area contributed by atoms with Crippen molar-refractivity contribution in [1.29, 1.82) is 0 Å². The molecule has 0 saturated heterocycles. The van der Waals surface area contributed by atoms with E-state index in [2.05, 4.69) is 0 Å². The molecule has 0 saturated carbocycles. The smallest absolute Gasteiger partial charge is 0.272 e. The Balaban J connectivity index is 0.00000225. The number of rotatable bonds is 3. The van der Waals surface area contributed by atoms with Crippen molar-refractivity contribution in [2.45, 2.75) is 6.04 Å². The van der Waals surface area contributed by atoms with Gasteiger partial charge in [-0.1, -0.05) is 0 Å². The largest absolute Gasteiger partial charge is 0.505 e. The molecule has 0 bridgehead atoms. The fourth-order valence-electron chi connectivity index (χ4n) is 1.12. The summed E-state index contributed by atoms with van der Waals surface area (Å²) in [6, 6.07) is 0.803. The van der Waals surface area contributed by atoms with Crippen LogP contribution in [0.25, 0.3) is 0 Å². The van der Waals surface area contributed by atoms with Crippen LogP contribution in [-0.4, -0.2) is 16.6 Å². The minimum absolute atomic E-state index is 0. The van der Waals surface area contributed by atoms with Gasteiger partial charge in [0.05, 0.1) is 11.0 Å². The van der Waals surface area contributed by atoms with Crippen molar-refractivity contribution in [3.05, 3.63) is 33.6 Å². The van der Waals surface area contributed by atoms with Crippen molar-refractivity contribution in [2.24, 2.45) is 11.5 Å². The predicted octanol–water partition coefficient (Wildman–Crippen LogP) is 0.820. The Morgan fingerprint density at radius 1 is 1.56 bits per heavy atom. The maximum Gasteiger partial charge on any atom is 0.272 e. The van der Waals surface area contributed by atoms with Gasteiger partial charge in [-0.3, -0.25) is 10.1 Å². The first-order valence-electron chi connectivity index (χ1n) is 4.09. The first-order chi connectivity index (χ1) is 6.97. The van der Waals surface area contributed by atoms with Crippen molar-refractivity contribution in [1.82, 2.24) is 0 Å². The zero-order chi connectivity index (χ0) is 11.6. The molecule has 0 aromatic heterocycles. The quantitative estimate of drug-likeness (QED) is 0.543. The van der Waals surface area contributed by atoms with Crippen LogP contribution in [0, 0.1) is 15.9 Å². The number of hydrogen-bond acceptors (Lipinski definition) is 5. The molecule has 6 nitrogen and oxygen atoms in total. The van der Waals surface area contributed by atoms with Gasteiger partial charge in [0.1, 0.15) is 0 Å². The minimum atomic E-state index is -1.08. The van der Waals surface area contributed by atoms with E-state index in [0.717, 1.165) is 6.07 Å². The normalized spacial score (nSPS) is 11.7. The van der Waals surface area contributed by atoms with Crippen LogP contribution in [0.15, 0.2) is 12.1 Å². The Labute approximate surface area is 96.6 Å². The predicted molar refractivity (Wildman–Crippen MR) is 58.0 cm³/mol. The summed E-state index contributed by atoms with van der Waals surface area (Å²) < 4.78 is 13.0. The summed E-state index contributed by atoms with van der Waals surface area (Å²) in [6.07, 6.45) is 0. The number of benzene rings is 1. The van der Waals surface area contributed by atoms with Crippen molar-refractivity contribution in [3.8, 4) is 5.75 Å². The van der Waals surface area contributed by atoms with E-state index in [1.807, 2.05) is 0 Å². The molecular formula is C8H11ClFN3O3. The summed E-state index contributed by atoms with van der Waals surface area (Å²) in [5, 5.41) is 19.7. The molecule has 1 atom stereocenters. The van der Waals surface area contributed by atoms with Crippen LogP contribution >= 0.6 is 12.4 Å². The van der Waals surface area contributed by atoms with E-state index in [4.69, 9.17) is 11.5 Å². The number of hydrogen-bond donors (Lipinski definition) is 3. The summed E-state index contributed by atoms with van der Waals surface area (Å²) in [5.74, 6) is -1.78. The van der Waals surface area contributed by atoms with Gasteiger partial charge in [0, 0.05) is 24.2 Å². The highest BCUT2D eigenvalue weighted by atomic mass is 35.5. The first-order valence-corrected chi connectivity index (χ1v) is 4.09. The molecule has 1 rings (SSSR count). The lowest BCUT2D eigenvalue weighted by atomic mass is 10.1. The lowest BCUT2D eigenvalue weighted by molar-refractivity contribution is -0.385. The maximum absolute atomic E-state index is 13.0. The minimum Gasteiger partial charge on any atom is -0.505 e. The Bertz CT molecular complexity index is 402. The Morgan fingerprint density at radius 3 is 2.56 bits per heavy atom. The number of aromatic hydroxyl groups is 1.